The molecule has 2 aliphatic rings. The van der Waals surface area contributed by atoms with E-state index in [-0.39, 0.29) is 12.4 Å². The summed E-state index contributed by atoms with van der Waals surface area (Å²) in [6.07, 6.45) is 3.88. The lowest BCUT2D eigenvalue weighted by molar-refractivity contribution is 0.134. The van der Waals surface area contributed by atoms with E-state index in [1.54, 1.807) is 0 Å². The Kier molecular flexibility index (Phi) is 2.70. The Hall–Kier alpha value is 0.210. The number of fused-ring (bicyclic) bond motifs is 2. The summed E-state index contributed by atoms with van der Waals surface area (Å²) in [5.74, 6) is 0.830. The third-order valence-electron chi connectivity index (χ3n) is 4.56. The fourth-order valence-corrected chi connectivity index (χ4v) is 3.43. The minimum atomic E-state index is 0. The molecule has 13 heavy (non-hydrogen) atoms. The molecule has 0 spiro atoms. The number of hydrogen-bond acceptors (Lipinski definition) is 2. The average molecular weight is 205 g/mol. The van der Waals surface area contributed by atoms with Gasteiger partial charge in [-0.3, -0.25) is 0 Å². The maximum atomic E-state index is 6.26. The number of rotatable bonds is 1. The second-order valence-electron chi connectivity index (χ2n) is 5.31. The first kappa shape index (κ1) is 11.3. The van der Waals surface area contributed by atoms with Crippen molar-refractivity contribution in [3.05, 3.63) is 0 Å². The predicted molar refractivity (Wildman–Crippen MR) is 57.8 cm³/mol. The van der Waals surface area contributed by atoms with Gasteiger partial charge in [-0.2, -0.15) is 0 Å². The zero-order valence-corrected chi connectivity index (χ0v) is 9.36. The number of halogens is 1. The molecular weight excluding hydrogens is 184 g/mol. The predicted octanol–water partition coefficient (Wildman–Crippen LogP) is 1.52. The van der Waals surface area contributed by atoms with E-state index >= 15 is 0 Å². The maximum Gasteiger partial charge on any atom is 0.0162 e. The van der Waals surface area contributed by atoms with E-state index in [1.807, 2.05) is 0 Å². The molecule has 0 saturated heterocycles. The summed E-state index contributed by atoms with van der Waals surface area (Å²) in [5.41, 5.74) is 12.7. The van der Waals surface area contributed by atoms with Crippen molar-refractivity contribution in [1.29, 1.82) is 0 Å². The molecule has 4 N–H and O–H groups in total. The van der Waals surface area contributed by atoms with Gasteiger partial charge in [0.15, 0.2) is 0 Å². The zero-order valence-electron chi connectivity index (χ0n) is 8.55. The number of nitrogens with two attached hydrogens (primary N) is 2. The Balaban J connectivity index is 0.000000845. The first-order valence-electron chi connectivity index (χ1n) is 4.98. The maximum absolute atomic E-state index is 6.26. The molecule has 2 rings (SSSR count). The molecular formula is C10H21ClN2. The van der Waals surface area contributed by atoms with Crippen LogP contribution < -0.4 is 11.5 Å². The highest BCUT2D eigenvalue weighted by molar-refractivity contribution is 5.85. The van der Waals surface area contributed by atoms with Crippen molar-refractivity contribution >= 4 is 12.4 Å². The topological polar surface area (TPSA) is 52.0 Å². The van der Waals surface area contributed by atoms with Gasteiger partial charge in [0.1, 0.15) is 0 Å². The van der Waals surface area contributed by atoms with Gasteiger partial charge in [0.05, 0.1) is 0 Å². The van der Waals surface area contributed by atoms with E-state index in [4.69, 9.17) is 11.5 Å². The summed E-state index contributed by atoms with van der Waals surface area (Å²) < 4.78 is 0. The lowest BCUT2D eigenvalue weighted by Crippen LogP contribution is -2.51. The summed E-state index contributed by atoms with van der Waals surface area (Å²) in [5, 5.41) is 0. The van der Waals surface area contributed by atoms with Gasteiger partial charge in [0.25, 0.3) is 0 Å². The molecule has 0 radical (unpaired) electrons. The Labute approximate surface area is 86.8 Å². The van der Waals surface area contributed by atoms with Gasteiger partial charge < -0.3 is 11.5 Å². The molecule has 0 amide bonds. The largest absolute Gasteiger partial charge is 0.330 e. The molecule has 78 valence electrons. The molecule has 3 atom stereocenters. The Bertz CT molecular complexity index is 205. The van der Waals surface area contributed by atoms with E-state index in [0.717, 1.165) is 12.5 Å². The molecule has 3 unspecified atom stereocenters. The van der Waals surface area contributed by atoms with E-state index < -0.39 is 0 Å². The second kappa shape index (κ2) is 3.11. The fourth-order valence-electron chi connectivity index (χ4n) is 3.43. The number of hydrogen-bond donors (Lipinski definition) is 2. The van der Waals surface area contributed by atoms with Crippen LogP contribution in [0.3, 0.4) is 0 Å². The van der Waals surface area contributed by atoms with Crippen LogP contribution in [0, 0.1) is 16.7 Å². The Morgan fingerprint density at radius 3 is 2.31 bits per heavy atom. The van der Waals surface area contributed by atoms with Gasteiger partial charge in [-0.25, -0.2) is 0 Å². The molecule has 0 aromatic carbocycles. The van der Waals surface area contributed by atoms with Crippen LogP contribution in [0.5, 0.6) is 0 Å². The molecule has 0 heterocycles. The Morgan fingerprint density at radius 1 is 1.38 bits per heavy atom. The molecule has 2 nitrogen and oxygen atoms in total. The van der Waals surface area contributed by atoms with Crippen molar-refractivity contribution < 1.29 is 0 Å². The molecule has 3 heteroatoms. The van der Waals surface area contributed by atoms with Crippen LogP contribution in [0.2, 0.25) is 0 Å². The van der Waals surface area contributed by atoms with Crippen LogP contribution in [0.15, 0.2) is 0 Å². The van der Waals surface area contributed by atoms with Crippen LogP contribution >= 0.6 is 12.4 Å². The van der Waals surface area contributed by atoms with Crippen LogP contribution in [0.25, 0.3) is 0 Å². The average Bonchev–Trinajstić information content (AvgIpc) is 2.53. The zero-order chi connectivity index (χ0) is 8.98. The SMILES string of the molecule is CC1(C)C2CCC(CN)(C2)C1N.Cl. The standard InChI is InChI=1S/C10H20N2.ClH/c1-9(2)7-3-4-10(5-7,6-11)8(9)12;/h7-8H,3-6,11-12H2,1-2H3;1H. The van der Waals surface area contributed by atoms with Gasteiger partial charge in [-0.15, -0.1) is 12.4 Å². The molecule has 0 aromatic heterocycles. The van der Waals surface area contributed by atoms with Crippen LogP contribution in [0.1, 0.15) is 33.1 Å². The quantitative estimate of drug-likeness (QED) is 0.681. The van der Waals surface area contributed by atoms with Gasteiger partial charge in [-0.1, -0.05) is 13.8 Å². The highest BCUT2D eigenvalue weighted by Gasteiger charge is 2.59. The summed E-state index contributed by atoms with van der Waals surface area (Å²) in [6.45, 7) is 5.39. The van der Waals surface area contributed by atoms with E-state index in [9.17, 15) is 0 Å². The van der Waals surface area contributed by atoms with Gasteiger partial charge in [-0.05, 0) is 42.6 Å². The fraction of sp³-hybridized carbons (Fsp3) is 1.00. The van der Waals surface area contributed by atoms with Crippen molar-refractivity contribution in [2.75, 3.05) is 6.54 Å². The normalized spacial score (nSPS) is 46.2. The van der Waals surface area contributed by atoms with Gasteiger partial charge in [0, 0.05) is 6.04 Å². The summed E-state index contributed by atoms with van der Waals surface area (Å²) in [7, 11) is 0. The molecule has 2 saturated carbocycles. The summed E-state index contributed by atoms with van der Waals surface area (Å²) >= 11 is 0. The third kappa shape index (κ3) is 1.23. The lowest BCUT2D eigenvalue weighted by Gasteiger charge is -2.41. The minimum Gasteiger partial charge on any atom is -0.330 e. The molecule has 2 bridgehead atoms. The minimum absolute atomic E-state index is 0. The van der Waals surface area contributed by atoms with Crippen LogP contribution in [-0.4, -0.2) is 12.6 Å². The monoisotopic (exact) mass is 204 g/mol. The van der Waals surface area contributed by atoms with Crippen LogP contribution in [0.4, 0.5) is 0 Å². The van der Waals surface area contributed by atoms with E-state index in [0.29, 0.717) is 16.9 Å². The van der Waals surface area contributed by atoms with E-state index in [2.05, 4.69) is 13.8 Å². The highest BCUT2D eigenvalue weighted by Crippen LogP contribution is 2.61. The molecule has 2 aliphatic carbocycles. The lowest BCUT2D eigenvalue weighted by atomic mass is 9.68. The van der Waals surface area contributed by atoms with Gasteiger partial charge in [0.2, 0.25) is 0 Å². The van der Waals surface area contributed by atoms with Gasteiger partial charge >= 0.3 is 0 Å². The van der Waals surface area contributed by atoms with Crippen molar-refractivity contribution in [2.24, 2.45) is 28.2 Å². The second-order valence-corrected chi connectivity index (χ2v) is 5.31. The molecule has 0 aliphatic heterocycles. The highest BCUT2D eigenvalue weighted by atomic mass is 35.5. The first-order valence-corrected chi connectivity index (χ1v) is 4.98. The summed E-state index contributed by atoms with van der Waals surface area (Å²) in [6, 6.07) is 0.328. The van der Waals surface area contributed by atoms with Crippen molar-refractivity contribution in [2.45, 2.75) is 39.2 Å². The van der Waals surface area contributed by atoms with E-state index in [1.165, 1.54) is 19.3 Å². The van der Waals surface area contributed by atoms with Crippen LogP contribution in [-0.2, 0) is 0 Å². The smallest absolute Gasteiger partial charge is 0.0162 e. The summed E-state index contributed by atoms with van der Waals surface area (Å²) in [4.78, 5) is 0. The first-order chi connectivity index (χ1) is 5.53. The third-order valence-corrected chi connectivity index (χ3v) is 4.56. The molecule has 0 aromatic rings. The van der Waals surface area contributed by atoms with Crippen molar-refractivity contribution in [3.63, 3.8) is 0 Å². The Morgan fingerprint density at radius 2 is 2.00 bits per heavy atom. The van der Waals surface area contributed by atoms with Crippen molar-refractivity contribution in [1.82, 2.24) is 0 Å². The molecule has 2 fully saturated rings. The van der Waals surface area contributed by atoms with Crippen molar-refractivity contribution in [3.8, 4) is 0 Å².